The van der Waals surface area contributed by atoms with Crippen LogP contribution in [-0.2, 0) is 11.3 Å². The Balaban J connectivity index is 0.00000243. The molecule has 0 aromatic heterocycles. The van der Waals surface area contributed by atoms with Gasteiger partial charge in [-0.2, -0.15) is 12.6 Å². The molecule has 0 radical (unpaired) electrons. The Morgan fingerprint density at radius 2 is 1.96 bits per heavy atom. The number of thiol groups is 1. The Labute approximate surface area is 166 Å². The summed E-state index contributed by atoms with van der Waals surface area (Å²) in [6.45, 7) is 3.39. The quantitative estimate of drug-likeness (QED) is 0.653. The Morgan fingerprint density at radius 3 is 2.69 bits per heavy atom. The van der Waals surface area contributed by atoms with Gasteiger partial charge in [-0.1, -0.05) is 42.5 Å². The van der Waals surface area contributed by atoms with Gasteiger partial charge >= 0.3 is 5.97 Å². The average molecular weight is 396 g/mol. The highest BCUT2D eigenvalue weighted by molar-refractivity contribution is 7.80. The molecule has 3 rings (SSSR count). The fourth-order valence-electron chi connectivity index (χ4n) is 3.50. The lowest BCUT2D eigenvalue weighted by atomic mass is 10.0. The lowest BCUT2D eigenvalue weighted by molar-refractivity contribution is -0.146. The minimum absolute atomic E-state index is 0. The highest BCUT2D eigenvalue weighted by atomic mass is 35.5. The minimum atomic E-state index is -0.774. The number of carboxylic acid groups (broad SMARTS) is 1. The molecule has 0 amide bonds. The van der Waals surface area contributed by atoms with E-state index in [1.807, 2.05) is 18.2 Å². The van der Waals surface area contributed by atoms with Crippen molar-refractivity contribution >= 4 is 41.8 Å². The van der Waals surface area contributed by atoms with Gasteiger partial charge in [-0.05, 0) is 16.3 Å². The van der Waals surface area contributed by atoms with E-state index in [2.05, 4.69) is 46.7 Å². The van der Waals surface area contributed by atoms with Gasteiger partial charge in [0, 0.05) is 44.5 Å². The third kappa shape index (κ3) is 4.90. The lowest BCUT2D eigenvalue weighted by Gasteiger charge is -2.40. The van der Waals surface area contributed by atoms with Crippen LogP contribution in [0.5, 0.6) is 0 Å². The van der Waals surface area contributed by atoms with Gasteiger partial charge < -0.3 is 10.8 Å². The Morgan fingerprint density at radius 1 is 1.23 bits per heavy atom. The predicted molar refractivity (Wildman–Crippen MR) is 111 cm³/mol. The molecule has 0 bridgehead atoms. The molecule has 5 nitrogen and oxygen atoms in total. The summed E-state index contributed by atoms with van der Waals surface area (Å²) in [5.41, 5.74) is 7.14. The van der Waals surface area contributed by atoms with E-state index < -0.39 is 12.0 Å². The summed E-state index contributed by atoms with van der Waals surface area (Å²) >= 11 is 4.22. The molecule has 7 heteroatoms. The zero-order valence-electron chi connectivity index (χ0n) is 14.6. The maximum absolute atomic E-state index is 11.8. The molecule has 2 aromatic rings. The van der Waals surface area contributed by atoms with Crippen LogP contribution < -0.4 is 5.73 Å². The van der Waals surface area contributed by atoms with E-state index >= 15 is 0 Å². The van der Waals surface area contributed by atoms with Gasteiger partial charge in [0.15, 0.2) is 0 Å². The predicted octanol–water partition coefficient (Wildman–Crippen LogP) is 2.09. The van der Waals surface area contributed by atoms with Crippen LogP contribution in [0.15, 0.2) is 42.5 Å². The van der Waals surface area contributed by atoms with E-state index in [9.17, 15) is 9.90 Å². The molecular weight excluding hydrogens is 370 g/mol. The fraction of sp³-hybridized carbons (Fsp3) is 0.421. The van der Waals surface area contributed by atoms with Crippen LogP contribution in [0.1, 0.15) is 5.56 Å². The maximum atomic E-state index is 11.8. The van der Waals surface area contributed by atoms with Crippen molar-refractivity contribution < 1.29 is 9.90 Å². The first-order valence-corrected chi connectivity index (χ1v) is 9.24. The van der Waals surface area contributed by atoms with Crippen LogP contribution in [0.4, 0.5) is 0 Å². The number of hydrogen-bond acceptors (Lipinski definition) is 5. The van der Waals surface area contributed by atoms with E-state index in [1.54, 1.807) is 0 Å². The largest absolute Gasteiger partial charge is 0.480 e. The number of benzene rings is 2. The molecule has 1 fully saturated rings. The van der Waals surface area contributed by atoms with Crippen LogP contribution in [0.2, 0.25) is 0 Å². The van der Waals surface area contributed by atoms with Crippen molar-refractivity contribution in [3.8, 4) is 0 Å². The maximum Gasteiger partial charge on any atom is 0.322 e. The van der Waals surface area contributed by atoms with E-state index in [4.69, 9.17) is 5.73 Å². The van der Waals surface area contributed by atoms with Crippen molar-refractivity contribution in [3.05, 3.63) is 48.0 Å². The zero-order chi connectivity index (χ0) is 17.8. The van der Waals surface area contributed by atoms with Gasteiger partial charge in [0.1, 0.15) is 6.04 Å². The van der Waals surface area contributed by atoms with Crippen molar-refractivity contribution in [2.24, 2.45) is 5.73 Å². The second-order valence-electron chi connectivity index (χ2n) is 6.67. The average Bonchev–Trinajstić information content (AvgIpc) is 2.63. The highest BCUT2D eigenvalue weighted by Crippen LogP contribution is 2.22. The van der Waals surface area contributed by atoms with Gasteiger partial charge in [0.25, 0.3) is 0 Å². The Kier molecular flexibility index (Phi) is 7.73. The first-order chi connectivity index (χ1) is 12.1. The first-order valence-electron chi connectivity index (χ1n) is 8.60. The standard InChI is InChI=1S/C19H25N3O2S.ClH/c20-16(13-25)11-21-8-9-22(18(12-21)19(23)24)10-15-6-3-5-14-4-1-2-7-17(14)15;/h1-7,16,18,25H,8-13,20H2,(H,23,24);1H/t16-,18?;/m1./s1. The van der Waals surface area contributed by atoms with E-state index in [1.165, 1.54) is 16.3 Å². The molecule has 1 heterocycles. The third-order valence-electron chi connectivity index (χ3n) is 4.84. The molecule has 0 aliphatic carbocycles. The summed E-state index contributed by atoms with van der Waals surface area (Å²) in [4.78, 5) is 16.0. The number of carbonyl (C=O) groups is 1. The number of rotatable bonds is 6. The molecule has 1 aliphatic heterocycles. The molecule has 0 saturated carbocycles. The van der Waals surface area contributed by atoms with Gasteiger partial charge in [-0.3, -0.25) is 14.6 Å². The summed E-state index contributed by atoms with van der Waals surface area (Å²) in [5, 5.41) is 12.1. The molecular formula is C19H26ClN3O2S. The van der Waals surface area contributed by atoms with Crippen molar-refractivity contribution in [2.75, 3.05) is 31.9 Å². The molecule has 1 saturated heterocycles. The summed E-state index contributed by atoms with van der Waals surface area (Å²) < 4.78 is 0. The van der Waals surface area contributed by atoms with E-state index in [0.29, 0.717) is 25.4 Å². The van der Waals surface area contributed by atoms with Crippen LogP contribution in [0.25, 0.3) is 10.8 Å². The zero-order valence-corrected chi connectivity index (χ0v) is 16.3. The first kappa shape index (κ1) is 21.0. The van der Waals surface area contributed by atoms with Gasteiger partial charge in [0.2, 0.25) is 0 Å². The number of aliphatic carboxylic acids is 1. The molecule has 0 spiro atoms. The van der Waals surface area contributed by atoms with Crippen molar-refractivity contribution in [2.45, 2.75) is 18.6 Å². The Hall–Kier alpha value is -1.31. The number of fused-ring (bicyclic) bond motifs is 1. The number of nitrogens with zero attached hydrogens (tertiary/aromatic N) is 2. The fourth-order valence-corrected chi connectivity index (χ4v) is 3.62. The molecule has 2 aromatic carbocycles. The minimum Gasteiger partial charge on any atom is -0.480 e. The van der Waals surface area contributed by atoms with Crippen molar-refractivity contribution in [1.29, 1.82) is 0 Å². The molecule has 1 aliphatic rings. The SMILES string of the molecule is Cl.N[C@@H](CS)CN1CCN(Cc2cccc3ccccc23)C(C(=O)O)C1. The summed E-state index contributed by atoms with van der Waals surface area (Å²) in [5.74, 6) is -0.169. The normalized spacial score (nSPS) is 19.8. The number of nitrogens with two attached hydrogens (primary N) is 1. The second-order valence-corrected chi connectivity index (χ2v) is 7.03. The summed E-state index contributed by atoms with van der Waals surface area (Å²) in [6, 6.07) is 13.9. The van der Waals surface area contributed by atoms with Gasteiger partial charge in [0.05, 0.1) is 0 Å². The van der Waals surface area contributed by atoms with E-state index in [-0.39, 0.29) is 18.4 Å². The topological polar surface area (TPSA) is 69.8 Å². The monoisotopic (exact) mass is 395 g/mol. The number of piperazine rings is 1. The van der Waals surface area contributed by atoms with Crippen LogP contribution in [0.3, 0.4) is 0 Å². The van der Waals surface area contributed by atoms with E-state index in [0.717, 1.165) is 13.1 Å². The van der Waals surface area contributed by atoms with Gasteiger partial charge in [-0.15, -0.1) is 12.4 Å². The third-order valence-corrected chi connectivity index (χ3v) is 5.31. The van der Waals surface area contributed by atoms with Gasteiger partial charge in [-0.25, -0.2) is 0 Å². The molecule has 1 unspecified atom stereocenters. The van der Waals surface area contributed by atoms with Crippen molar-refractivity contribution in [3.63, 3.8) is 0 Å². The molecule has 2 atom stereocenters. The molecule has 142 valence electrons. The number of hydrogen-bond donors (Lipinski definition) is 3. The summed E-state index contributed by atoms with van der Waals surface area (Å²) in [6.07, 6.45) is 0. The number of carboxylic acids is 1. The lowest BCUT2D eigenvalue weighted by Crippen LogP contribution is -2.57. The Bertz CT molecular complexity index is 740. The van der Waals surface area contributed by atoms with Crippen LogP contribution >= 0.6 is 25.0 Å². The summed E-state index contributed by atoms with van der Waals surface area (Å²) in [7, 11) is 0. The highest BCUT2D eigenvalue weighted by Gasteiger charge is 2.32. The second kappa shape index (κ2) is 9.58. The number of halogens is 1. The molecule has 26 heavy (non-hydrogen) atoms. The van der Waals surface area contributed by atoms with Crippen LogP contribution in [-0.4, -0.2) is 64.9 Å². The molecule has 3 N–H and O–H groups in total. The smallest absolute Gasteiger partial charge is 0.322 e. The van der Waals surface area contributed by atoms with Crippen molar-refractivity contribution in [1.82, 2.24) is 9.80 Å². The van der Waals surface area contributed by atoms with Crippen LogP contribution in [0, 0.1) is 0 Å².